The van der Waals surface area contributed by atoms with E-state index in [1.165, 1.54) is 11.3 Å². The van der Waals surface area contributed by atoms with E-state index in [-0.39, 0.29) is 24.4 Å². The lowest BCUT2D eigenvalue weighted by Crippen LogP contribution is -2.35. The van der Waals surface area contributed by atoms with E-state index < -0.39 is 10.8 Å². The van der Waals surface area contributed by atoms with Crippen molar-refractivity contribution in [1.29, 1.82) is 0 Å². The van der Waals surface area contributed by atoms with Crippen LogP contribution in [0.2, 0.25) is 0 Å². The average molecular weight is 514 g/mol. The molecule has 3 aromatic rings. The van der Waals surface area contributed by atoms with Gasteiger partial charge in [0.25, 0.3) is 0 Å². The second-order valence-corrected chi connectivity index (χ2v) is 11.9. The molecule has 0 saturated carbocycles. The molecular weight excluding hydrogens is 477 g/mol. The Kier molecular flexibility index (Phi) is 7.05. The summed E-state index contributed by atoms with van der Waals surface area (Å²) >= 11 is 0. The lowest BCUT2D eigenvalue weighted by Gasteiger charge is -2.33. The van der Waals surface area contributed by atoms with Gasteiger partial charge < -0.3 is 20.3 Å². The zero-order valence-corrected chi connectivity index (χ0v) is 22.3. The number of benzene rings is 1. The summed E-state index contributed by atoms with van der Waals surface area (Å²) in [5.74, 6) is 2.16. The van der Waals surface area contributed by atoms with Gasteiger partial charge in [-0.25, -0.2) is 9.37 Å². The molecule has 2 aliphatic rings. The molecule has 7 nitrogen and oxygen atoms in total. The zero-order valence-electron chi connectivity index (χ0n) is 21.5. The summed E-state index contributed by atoms with van der Waals surface area (Å²) in [4.78, 5) is 16.1. The van der Waals surface area contributed by atoms with Gasteiger partial charge in [0.15, 0.2) is 0 Å². The van der Waals surface area contributed by atoms with Gasteiger partial charge in [-0.1, -0.05) is 20.8 Å². The highest BCUT2D eigenvalue weighted by molar-refractivity contribution is 7.85. The molecule has 1 unspecified atom stereocenters. The van der Waals surface area contributed by atoms with Crippen LogP contribution in [-0.2, 0) is 23.6 Å². The Morgan fingerprint density at radius 3 is 2.69 bits per heavy atom. The number of nitrogens with one attached hydrogen (secondary N) is 2. The predicted octanol–water partition coefficient (Wildman–Crippen LogP) is 4.44. The largest absolute Gasteiger partial charge is 0.394 e. The zero-order chi connectivity index (χ0) is 25.6. The first-order valence-corrected chi connectivity index (χ1v) is 14.3. The van der Waals surface area contributed by atoms with E-state index in [0.29, 0.717) is 34.8 Å². The molecular formula is C27H36FN5O2S. The van der Waals surface area contributed by atoms with Crippen LogP contribution < -0.4 is 10.2 Å². The number of H-pyrrole nitrogens is 1. The summed E-state index contributed by atoms with van der Waals surface area (Å²) in [5, 5.41) is 14.2. The SMILES string of the molecule is CCc1[nH]c2c(C)cc(F)cc2c1C1CCN(c2nc3c(c(N[C@@H](CO)C(C)C)n2)S(=O)CC3)CC1. The van der Waals surface area contributed by atoms with Crippen molar-refractivity contribution in [3.63, 3.8) is 0 Å². The van der Waals surface area contributed by atoms with Crippen molar-refractivity contribution < 1.29 is 13.7 Å². The molecule has 2 aromatic heterocycles. The molecule has 0 aliphatic carbocycles. The van der Waals surface area contributed by atoms with E-state index in [9.17, 15) is 13.7 Å². The number of aromatic nitrogens is 3. The number of rotatable bonds is 7. The topological polar surface area (TPSA) is 94.1 Å². The molecule has 3 N–H and O–H groups in total. The van der Waals surface area contributed by atoms with Crippen molar-refractivity contribution in [3.8, 4) is 0 Å². The van der Waals surface area contributed by atoms with Gasteiger partial charge in [0.2, 0.25) is 5.95 Å². The van der Waals surface area contributed by atoms with Crippen molar-refractivity contribution in [2.24, 2.45) is 5.92 Å². The number of nitrogens with zero attached hydrogens (tertiary/aromatic N) is 3. The Morgan fingerprint density at radius 1 is 1.28 bits per heavy atom. The van der Waals surface area contributed by atoms with Gasteiger partial charge in [-0.05, 0) is 61.3 Å². The standard InChI is InChI=1S/C27H36FN5O2S/c1-5-20-23(19-13-18(28)12-16(4)24(19)29-20)17-6-9-33(10-7-17)27-31-21-8-11-36(35)25(21)26(32-27)30-22(14-34)15(2)3/h12-13,15,17,22,29,34H,5-11,14H2,1-4H3,(H,30,31,32)/t22-,36?/m0/s1. The smallest absolute Gasteiger partial charge is 0.227 e. The molecule has 5 rings (SSSR count). The molecule has 9 heteroatoms. The fourth-order valence-corrected chi connectivity index (χ4v) is 6.95. The van der Waals surface area contributed by atoms with Crippen LogP contribution in [0.15, 0.2) is 17.0 Å². The van der Waals surface area contributed by atoms with E-state index in [0.717, 1.165) is 54.5 Å². The number of hydrogen-bond acceptors (Lipinski definition) is 6. The lowest BCUT2D eigenvalue weighted by atomic mass is 9.86. The normalized spacial score (nSPS) is 19.3. The quantitative estimate of drug-likeness (QED) is 0.432. The van der Waals surface area contributed by atoms with Crippen LogP contribution in [0.3, 0.4) is 0 Å². The van der Waals surface area contributed by atoms with Gasteiger partial charge in [-0.3, -0.25) is 4.21 Å². The second kappa shape index (κ2) is 10.1. The third kappa shape index (κ3) is 4.52. The summed E-state index contributed by atoms with van der Waals surface area (Å²) in [7, 11) is -1.12. The Hall–Kier alpha value is -2.52. The monoisotopic (exact) mass is 513 g/mol. The highest BCUT2D eigenvalue weighted by Crippen LogP contribution is 2.39. The minimum Gasteiger partial charge on any atom is -0.394 e. The molecule has 1 fully saturated rings. The molecule has 194 valence electrons. The number of anilines is 2. The minimum atomic E-state index is -1.12. The number of halogens is 1. The Bertz CT molecular complexity index is 1300. The molecule has 1 saturated heterocycles. The fraction of sp³-hybridized carbons (Fsp3) is 0.556. The molecule has 0 bridgehead atoms. The molecule has 0 spiro atoms. The van der Waals surface area contributed by atoms with Crippen LogP contribution >= 0.6 is 0 Å². The van der Waals surface area contributed by atoms with Crippen LogP contribution in [-0.4, -0.2) is 55.8 Å². The predicted molar refractivity (Wildman–Crippen MR) is 143 cm³/mol. The molecule has 0 radical (unpaired) electrons. The van der Waals surface area contributed by atoms with Gasteiger partial charge in [-0.2, -0.15) is 4.98 Å². The third-order valence-electron chi connectivity index (χ3n) is 7.73. The summed E-state index contributed by atoms with van der Waals surface area (Å²) in [6.07, 6.45) is 3.41. The van der Waals surface area contributed by atoms with Crippen LogP contribution in [0.4, 0.5) is 16.2 Å². The molecule has 36 heavy (non-hydrogen) atoms. The Balaban J connectivity index is 1.41. The van der Waals surface area contributed by atoms with Crippen molar-refractivity contribution in [2.75, 3.05) is 35.7 Å². The summed E-state index contributed by atoms with van der Waals surface area (Å²) in [5.41, 5.74) is 5.28. The first-order valence-electron chi connectivity index (χ1n) is 13.0. The van der Waals surface area contributed by atoms with Gasteiger partial charge >= 0.3 is 0 Å². The first-order chi connectivity index (χ1) is 17.3. The Morgan fingerprint density at radius 2 is 2.03 bits per heavy atom. The maximum Gasteiger partial charge on any atom is 0.227 e. The van der Waals surface area contributed by atoms with Crippen LogP contribution in [0.25, 0.3) is 10.9 Å². The van der Waals surface area contributed by atoms with Crippen molar-refractivity contribution in [2.45, 2.75) is 70.2 Å². The van der Waals surface area contributed by atoms with E-state index in [1.807, 2.05) is 20.8 Å². The minimum absolute atomic E-state index is 0.0196. The fourth-order valence-electron chi connectivity index (χ4n) is 5.64. The number of hydrogen-bond donors (Lipinski definition) is 3. The number of aliphatic hydroxyl groups is 1. The summed E-state index contributed by atoms with van der Waals surface area (Å²) in [6, 6.07) is 3.10. The summed E-state index contributed by atoms with van der Waals surface area (Å²) < 4.78 is 27.0. The molecule has 4 heterocycles. The lowest BCUT2D eigenvalue weighted by molar-refractivity contribution is 0.249. The van der Waals surface area contributed by atoms with Crippen molar-refractivity contribution in [1.82, 2.24) is 15.0 Å². The average Bonchev–Trinajstić information content (AvgIpc) is 3.42. The molecule has 2 atom stereocenters. The van der Waals surface area contributed by atoms with Gasteiger partial charge in [0, 0.05) is 41.9 Å². The summed E-state index contributed by atoms with van der Waals surface area (Å²) in [6.45, 7) is 9.75. The van der Waals surface area contributed by atoms with Gasteiger partial charge in [0.05, 0.1) is 29.1 Å². The number of aryl methyl sites for hydroxylation is 3. The van der Waals surface area contributed by atoms with E-state index in [4.69, 9.17) is 9.97 Å². The Labute approximate surface area is 214 Å². The highest BCUT2D eigenvalue weighted by atomic mass is 32.2. The maximum atomic E-state index is 14.3. The van der Waals surface area contributed by atoms with Crippen LogP contribution in [0, 0.1) is 18.7 Å². The molecule has 2 aliphatic heterocycles. The first kappa shape index (κ1) is 25.1. The number of piperidine rings is 1. The maximum absolute atomic E-state index is 14.3. The van der Waals surface area contributed by atoms with Gasteiger partial charge in [0.1, 0.15) is 16.5 Å². The van der Waals surface area contributed by atoms with Crippen LogP contribution in [0.1, 0.15) is 62.0 Å². The highest BCUT2D eigenvalue weighted by Gasteiger charge is 2.31. The van der Waals surface area contributed by atoms with Crippen LogP contribution in [0.5, 0.6) is 0 Å². The van der Waals surface area contributed by atoms with E-state index in [2.05, 4.69) is 22.1 Å². The van der Waals surface area contributed by atoms with Gasteiger partial charge in [-0.15, -0.1) is 0 Å². The van der Waals surface area contributed by atoms with E-state index >= 15 is 0 Å². The number of aromatic amines is 1. The molecule has 0 amide bonds. The van der Waals surface area contributed by atoms with Crippen molar-refractivity contribution >= 4 is 33.5 Å². The molecule has 1 aromatic carbocycles. The van der Waals surface area contributed by atoms with Crippen molar-refractivity contribution in [3.05, 3.63) is 40.5 Å². The number of aliphatic hydroxyl groups excluding tert-OH is 1. The second-order valence-electron chi connectivity index (χ2n) is 10.4. The van der Waals surface area contributed by atoms with E-state index in [1.54, 1.807) is 12.1 Å². The number of fused-ring (bicyclic) bond motifs is 2. The third-order valence-corrected chi connectivity index (χ3v) is 9.19.